The minimum absolute atomic E-state index is 0.652. The quantitative estimate of drug-likeness (QED) is 0.585. The van der Waals surface area contributed by atoms with Gasteiger partial charge in [0.2, 0.25) is 0 Å². The Morgan fingerprint density at radius 1 is 1.16 bits per heavy atom. The van der Waals surface area contributed by atoms with Gasteiger partial charge in [-0.15, -0.1) is 11.3 Å². The molecule has 0 amide bonds. The van der Waals surface area contributed by atoms with Crippen LogP contribution < -0.4 is 20.1 Å². The van der Waals surface area contributed by atoms with Gasteiger partial charge in [0.1, 0.15) is 0 Å². The molecular formula is C18H26N4O2S. The number of thiazole rings is 1. The summed E-state index contributed by atoms with van der Waals surface area (Å²) in [6.07, 6.45) is 0.939. The predicted octanol–water partition coefficient (Wildman–Crippen LogP) is 2.68. The second-order valence-electron chi connectivity index (χ2n) is 5.53. The van der Waals surface area contributed by atoms with Gasteiger partial charge in [0.15, 0.2) is 17.5 Å². The zero-order valence-electron chi connectivity index (χ0n) is 15.5. The summed E-state index contributed by atoms with van der Waals surface area (Å²) in [6, 6.07) is 5.87. The number of methoxy groups -OCH3 is 2. The molecule has 0 aliphatic heterocycles. The molecule has 0 aliphatic rings. The molecule has 1 heterocycles. The maximum absolute atomic E-state index is 5.33. The van der Waals surface area contributed by atoms with E-state index in [-0.39, 0.29) is 0 Å². The lowest BCUT2D eigenvalue weighted by Gasteiger charge is -2.13. The van der Waals surface area contributed by atoms with Gasteiger partial charge < -0.3 is 20.1 Å². The van der Waals surface area contributed by atoms with E-state index >= 15 is 0 Å². The second-order valence-corrected chi connectivity index (χ2v) is 6.82. The van der Waals surface area contributed by atoms with E-state index in [0.717, 1.165) is 46.7 Å². The van der Waals surface area contributed by atoms with Gasteiger partial charge in [-0.1, -0.05) is 6.07 Å². The van der Waals surface area contributed by atoms with Crippen LogP contribution in [0.15, 0.2) is 23.2 Å². The van der Waals surface area contributed by atoms with Gasteiger partial charge in [0.25, 0.3) is 0 Å². The number of hydrogen-bond acceptors (Lipinski definition) is 5. The largest absolute Gasteiger partial charge is 0.493 e. The number of nitrogens with one attached hydrogen (secondary N) is 2. The molecule has 0 unspecified atom stereocenters. The van der Waals surface area contributed by atoms with Crippen molar-refractivity contribution in [3.8, 4) is 11.5 Å². The normalized spacial score (nSPS) is 11.3. The predicted molar refractivity (Wildman–Crippen MR) is 103 cm³/mol. The van der Waals surface area contributed by atoms with Gasteiger partial charge in [-0.25, -0.2) is 4.98 Å². The van der Waals surface area contributed by atoms with Crippen LogP contribution >= 0.6 is 11.3 Å². The SMILES string of the molecule is CN=C(NCCc1sc(C)nc1C)NCc1ccc(OC)c(OC)c1. The molecule has 0 spiro atoms. The van der Waals surface area contributed by atoms with Crippen LogP contribution in [-0.2, 0) is 13.0 Å². The first-order valence-electron chi connectivity index (χ1n) is 8.15. The van der Waals surface area contributed by atoms with Crippen LogP contribution in [0.4, 0.5) is 0 Å². The summed E-state index contributed by atoms with van der Waals surface area (Å²) >= 11 is 1.75. The third-order valence-corrected chi connectivity index (χ3v) is 4.91. The van der Waals surface area contributed by atoms with Crippen molar-refractivity contribution in [3.05, 3.63) is 39.3 Å². The molecule has 7 heteroatoms. The Labute approximate surface area is 153 Å². The molecule has 0 saturated carbocycles. The van der Waals surface area contributed by atoms with Crippen molar-refractivity contribution >= 4 is 17.3 Å². The van der Waals surface area contributed by atoms with Crippen LogP contribution in [0.5, 0.6) is 11.5 Å². The Kier molecular flexibility index (Phi) is 7.06. The molecule has 0 atom stereocenters. The standard InChI is InChI=1S/C18H26N4O2S/c1-12-17(25-13(2)22-12)8-9-20-18(19-3)21-11-14-6-7-15(23-4)16(10-14)24-5/h6-7,10H,8-9,11H2,1-5H3,(H2,19,20,21). The van der Waals surface area contributed by atoms with Crippen molar-refractivity contribution in [1.82, 2.24) is 15.6 Å². The summed E-state index contributed by atoms with van der Waals surface area (Å²) in [7, 11) is 5.04. The van der Waals surface area contributed by atoms with Crippen LogP contribution in [0.1, 0.15) is 21.1 Å². The van der Waals surface area contributed by atoms with Gasteiger partial charge in [0.05, 0.1) is 24.9 Å². The number of rotatable bonds is 7. The number of benzene rings is 1. The van der Waals surface area contributed by atoms with Crippen molar-refractivity contribution < 1.29 is 9.47 Å². The maximum atomic E-state index is 5.33. The molecule has 0 aliphatic carbocycles. The van der Waals surface area contributed by atoms with Gasteiger partial charge >= 0.3 is 0 Å². The summed E-state index contributed by atoms with van der Waals surface area (Å²) in [4.78, 5) is 10.0. The lowest BCUT2D eigenvalue weighted by Crippen LogP contribution is -2.37. The summed E-state index contributed by atoms with van der Waals surface area (Å²) in [5.41, 5.74) is 2.21. The minimum Gasteiger partial charge on any atom is -0.493 e. The van der Waals surface area contributed by atoms with Crippen molar-refractivity contribution in [2.75, 3.05) is 27.8 Å². The minimum atomic E-state index is 0.652. The third kappa shape index (κ3) is 5.35. The summed E-state index contributed by atoms with van der Waals surface area (Å²) in [6.45, 7) is 5.56. The molecular weight excluding hydrogens is 336 g/mol. The summed E-state index contributed by atoms with van der Waals surface area (Å²) in [5, 5.41) is 7.76. The molecule has 6 nitrogen and oxygen atoms in total. The van der Waals surface area contributed by atoms with Gasteiger partial charge in [0, 0.05) is 31.4 Å². The number of aliphatic imine (C=N–C) groups is 1. The first-order chi connectivity index (χ1) is 12.1. The van der Waals surface area contributed by atoms with Crippen LogP contribution in [0.2, 0.25) is 0 Å². The molecule has 2 aromatic rings. The first-order valence-corrected chi connectivity index (χ1v) is 8.97. The highest BCUT2D eigenvalue weighted by molar-refractivity contribution is 7.11. The number of nitrogens with zero attached hydrogens (tertiary/aromatic N) is 2. The van der Waals surface area contributed by atoms with E-state index in [2.05, 4.69) is 27.5 Å². The van der Waals surface area contributed by atoms with E-state index in [1.54, 1.807) is 32.6 Å². The monoisotopic (exact) mass is 362 g/mol. The first kappa shape index (κ1) is 19.1. The molecule has 0 radical (unpaired) electrons. The van der Waals surface area contributed by atoms with Crippen LogP contribution in [0, 0.1) is 13.8 Å². The Morgan fingerprint density at radius 2 is 1.92 bits per heavy atom. The average Bonchev–Trinajstić information content (AvgIpc) is 2.94. The Hall–Kier alpha value is -2.28. The molecule has 0 fully saturated rings. The highest BCUT2D eigenvalue weighted by Gasteiger charge is 2.07. The molecule has 136 valence electrons. The molecule has 1 aromatic carbocycles. The lowest BCUT2D eigenvalue weighted by atomic mass is 10.2. The average molecular weight is 362 g/mol. The van der Waals surface area contributed by atoms with E-state index in [1.807, 2.05) is 25.1 Å². The van der Waals surface area contributed by atoms with Crippen molar-refractivity contribution in [2.24, 2.45) is 4.99 Å². The maximum Gasteiger partial charge on any atom is 0.191 e. The third-order valence-electron chi connectivity index (χ3n) is 3.78. The van der Waals surface area contributed by atoms with Crippen LogP contribution in [0.25, 0.3) is 0 Å². The van der Waals surface area contributed by atoms with E-state index in [9.17, 15) is 0 Å². The summed E-state index contributed by atoms with van der Waals surface area (Å²) < 4.78 is 10.6. The fourth-order valence-electron chi connectivity index (χ4n) is 2.50. The zero-order valence-corrected chi connectivity index (χ0v) is 16.3. The number of ether oxygens (including phenoxy) is 2. The lowest BCUT2D eigenvalue weighted by molar-refractivity contribution is 0.354. The molecule has 0 bridgehead atoms. The molecule has 2 rings (SSSR count). The topological polar surface area (TPSA) is 67.8 Å². The molecule has 25 heavy (non-hydrogen) atoms. The number of guanidine groups is 1. The van der Waals surface area contributed by atoms with Crippen LogP contribution in [-0.4, -0.2) is 38.8 Å². The van der Waals surface area contributed by atoms with E-state index in [0.29, 0.717) is 6.54 Å². The van der Waals surface area contributed by atoms with Crippen molar-refractivity contribution in [3.63, 3.8) is 0 Å². The van der Waals surface area contributed by atoms with E-state index in [1.165, 1.54) is 4.88 Å². The zero-order chi connectivity index (χ0) is 18.2. The summed E-state index contributed by atoms with van der Waals surface area (Å²) in [5.74, 6) is 2.22. The van der Waals surface area contributed by atoms with Crippen LogP contribution in [0.3, 0.4) is 0 Å². The number of hydrogen-bond donors (Lipinski definition) is 2. The molecule has 0 saturated heterocycles. The van der Waals surface area contributed by atoms with E-state index < -0.39 is 0 Å². The Bertz CT molecular complexity index is 728. The number of aromatic nitrogens is 1. The Morgan fingerprint density at radius 3 is 2.52 bits per heavy atom. The highest BCUT2D eigenvalue weighted by atomic mass is 32.1. The van der Waals surface area contributed by atoms with Gasteiger partial charge in [-0.2, -0.15) is 0 Å². The van der Waals surface area contributed by atoms with Gasteiger partial charge in [-0.3, -0.25) is 4.99 Å². The fraction of sp³-hybridized carbons (Fsp3) is 0.444. The highest BCUT2D eigenvalue weighted by Crippen LogP contribution is 2.27. The second kappa shape index (κ2) is 9.27. The van der Waals surface area contributed by atoms with Crippen molar-refractivity contribution in [2.45, 2.75) is 26.8 Å². The Balaban J connectivity index is 1.85. The van der Waals surface area contributed by atoms with Crippen molar-refractivity contribution in [1.29, 1.82) is 0 Å². The molecule has 2 N–H and O–H groups in total. The van der Waals surface area contributed by atoms with Gasteiger partial charge in [-0.05, 0) is 31.5 Å². The fourth-order valence-corrected chi connectivity index (χ4v) is 3.43. The number of aryl methyl sites for hydroxylation is 2. The van der Waals surface area contributed by atoms with E-state index in [4.69, 9.17) is 9.47 Å². The molecule has 1 aromatic heterocycles. The smallest absolute Gasteiger partial charge is 0.191 e.